The zero-order chi connectivity index (χ0) is 24.2. The molecule has 3 aromatic rings. The maximum atomic E-state index is 13.1. The molecule has 11 heteroatoms. The molecular formula is C22H25ClN4O5S. The minimum atomic E-state index is -3.93. The van der Waals surface area contributed by atoms with Crippen LogP contribution in [0.4, 0.5) is 0 Å². The maximum absolute atomic E-state index is 13.1. The number of rotatable bonds is 9. The number of aromatic nitrogens is 2. The second-order valence-electron chi connectivity index (χ2n) is 7.45. The molecule has 0 bridgehead atoms. The van der Waals surface area contributed by atoms with Gasteiger partial charge < -0.3 is 14.6 Å². The smallest absolute Gasteiger partial charge is 0.258 e. The van der Waals surface area contributed by atoms with Crippen LogP contribution in [0.25, 0.3) is 10.9 Å². The van der Waals surface area contributed by atoms with E-state index in [0.717, 1.165) is 0 Å². The van der Waals surface area contributed by atoms with Gasteiger partial charge in [-0.3, -0.25) is 9.59 Å². The molecule has 0 aliphatic heterocycles. The first-order valence-corrected chi connectivity index (χ1v) is 12.1. The first-order valence-electron chi connectivity index (χ1n) is 10.3. The Hall–Kier alpha value is -2.95. The average molecular weight is 493 g/mol. The van der Waals surface area contributed by atoms with Crippen molar-refractivity contribution >= 4 is 38.4 Å². The summed E-state index contributed by atoms with van der Waals surface area (Å²) in [4.78, 5) is 34.1. The third-order valence-corrected chi connectivity index (χ3v) is 6.73. The van der Waals surface area contributed by atoms with E-state index >= 15 is 0 Å². The van der Waals surface area contributed by atoms with Crippen molar-refractivity contribution in [1.82, 2.24) is 19.6 Å². The Bertz CT molecular complexity index is 1310. The van der Waals surface area contributed by atoms with E-state index < -0.39 is 22.0 Å². The van der Waals surface area contributed by atoms with Gasteiger partial charge in [-0.2, -0.15) is 4.72 Å². The number of carbonyl (C=O) groups is 1. The minimum absolute atomic E-state index is 0.0129. The lowest BCUT2D eigenvalue weighted by Crippen LogP contribution is -2.47. The molecule has 0 fully saturated rings. The van der Waals surface area contributed by atoms with Crippen LogP contribution in [0.5, 0.6) is 5.75 Å². The summed E-state index contributed by atoms with van der Waals surface area (Å²) < 4.78 is 32.9. The summed E-state index contributed by atoms with van der Waals surface area (Å²) in [5, 5.41) is 0.826. The number of sulfonamides is 1. The molecule has 2 N–H and O–H groups in total. The highest BCUT2D eigenvalue weighted by molar-refractivity contribution is 7.89. The van der Waals surface area contributed by atoms with Gasteiger partial charge in [-0.1, -0.05) is 18.5 Å². The summed E-state index contributed by atoms with van der Waals surface area (Å²) in [7, 11) is -2.45. The second-order valence-corrected chi connectivity index (χ2v) is 9.60. The molecule has 1 heterocycles. The van der Waals surface area contributed by atoms with Crippen LogP contribution >= 0.6 is 11.6 Å². The average Bonchev–Trinajstić information content (AvgIpc) is 2.77. The molecule has 0 unspecified atom stereocenters. The van der Waals surface area contributed by atoms with E-state index in [9.17, 15) is 18.0 Å². The number of nitrogens with one attached hydrogen (secondary N) is 2. The van der Waals surface area contributed by atoms with Crippen molar-refractivity contribution in [2.75, 3.05) is 13.7 Å². The summed E-state index contributed by atoms with van der Waals surface area (Å²) in [6, 6.07) is 9.57. The van der Waals surface area contributed by atoms with Crippen LogP contribution in [0, 0.1) is 0 Å². The molecule has 0 aliphatic carbocycles. The number of amides is 1. The lowest BCUT2D eigenvalue weighted by molar-refractivity contribution is -0.133. The molecular weight excluding hydrogens is 468 g/mol. The van der Waals surface area contributed by atoms with Gasteiger partial charge in [-0.05, 0) is 55.8 Å². The van der Waals surface area contributed by atoms with Crippen LogP contribution < -0.4 is 15.0 Å². The Kier molecular flexibility index (Phi) is 7.72. The highest BCUT2D eigenvalue weighted by Gasteiger charge is 2.26. The first kappa shape index (κ1) is 24.7. The molecule has 3 rings (SSSR count). The first-order chi connectivity index (χ1) is 15.6. The van der Waals surface area contributed by atoms with Crippen molar-refractivity contribution in [1.29, 1.82) is 0 Å². The predicted octanol–water partition coefficient (Wildman–Crippen LogP) is 2.69. The van der Waals surface area contributed by atoms with Gasteiger partial charge in [0.05, 0.1) is 35.5 Å². The van der Waals surface area contributed by atoms with Gasteiger partial charge in [0.25, 0.3) is 5.56 Å². The Balaban J connectivity index is 1.80. The van der Waals surface area contributed by atoms with E-state index in [4.69, 9.17) is 16.3 Å². The molecule has 0 aliphatic rings. The Morgan fingerprint density at radius 3 is 2.58 bits per heavy atom. The van der Waals surface area contributed by atoms with Gasteiger partial charge in [-0.15, -0.1) is 0 Å². The molecule has 9 nitrogen and oxygen atoms in total. The van der Waals surface area contributed by atoms with Crippen LogP contribution in [0.15, 0.2) is 52.2 Å². The third kappa shape index (κ3) is 5.89. The van der Waals surface area contributed by atoms with E-state index in [1.165, 1.54) is 43.2 Å². The third-order valence-electron chi connectivity index (χ3n) is 4.94. The Labute approximate surface area is 196 Å². The minimum Gasteiger partial charge on any atom is -0.497 e. The number of carbonyl (C=O) groups excluding carboxylic acids is 1. The molecule has 0 saturated heterocycles. The van der Waals surface area contributed by atoms with E-state index in [0.29, 0.717) is 34.6 Å². The van der Waals surface area contributed by atoms with Crippen molar-refractivity contribution < 1.29 is 17.9 Å². The van der Waals surface area contributed by atoms with Gasteiger partial charge >= 0.3 is 0 Å². The largest absolute Gasteiger partial charge is 0.497 e. The van der Waals surface area contributed by atoms with E-state index in [2.05, 4.69) is 14.7 Å². The van der Waals surface area contributed by atoms with Crippen molar-refractivity contribution in [2.24, 2.45) is 0 Å². The fourth-order valence-electron chi connectivity index (χ4n) is 3.33. The zero-order valence-corrected chi connectivity index (χ0v) is 20.0. The fourth-order valence-corrected chi connectivity index (χ4v) is 4.70. The number of halogens is 1. The molecule has 1 aromatic heterocycles. The number of hydrogen-bond donors (Lipinski definition) is 2. The number of fused-ring (bicyclic) bond motifs is 1. The maximum Gasteiger partial charge on any atom is 0.258 e. The van der Waals surface area contributed by atoms with Crippen molar-refractivity contribution in [3.8, 4) is 5.75 Å². The number of H-pyrrole nitrogens is 1. The van der Waals surface area contributed by atoms with Gasteiger partial charge in [0.15, 0.2) is 0 Å². The van der Waals surface area contributed by atoms with E-state index in [-0.39, 0.29) is 22.8 Å². The summed E-state index contributed by atoms with van der Waals surface area (Å²) in [6.07, 6.45) is 0.632. The lowest BCUT2D eigenvalue weighted by atomic mass is 10.2. The predicted molar refractivity (Wildman–Crippen MR) is 126 cm³/mol. The normalized spacial score (nSPS) is 12.5. The SMILES string of the molecule is CCCN(Cc1nc2cc(Cl)ccc2c(=O)[nH]1)C(=O)[C@H](C)NS(=O)(=O)c1ccc(OC)cc1. The summed E-state index contributed by atoms with van der Waals surface area (Å²) in [5.41, 5.74) is 0.0715. The van der Waals surface area contributed by atoms with Gasteiger partial charge in [0.2, 0.25) is 15.9 Å². The standard InChI is InChI=1S/C22H25ClN4O5S/c1-4-11-27(13-20-24-19-12-15(23)5-10-18(19)21(28)25-20)22(29)14(2)26-33(30,31)17-8-6-16(32-3)7-9-17/h5-10,12,14,26H,4,11,13H2,1-3H3,(H,24,25,28)/t14-/m0/s1. The van der Waals surface area contributed by atoms with Crippen LogP contribution in [0.3, 0.4) is 0 Å². The number of hydrogen-bond acceptors (Lipinski definition) is 6. The van der Waals surface area contributed by atoms with Gasteiger partial charge in [-0.25, -0.2) is 13.4 Å². The van der Waals surface area contributed by atoms with Crippen LogP contribution in [-0.2, 0) is 21.4 Å². The molecule has 0 saturated carbocycles. The molecule has 1 amide bonds. The molecule has 0 radical (unpaired) electrons. The highest BCUT2D eigenvalue weighted by Crippen LogP contribution is 2.17. The molecule has 2 aromatic carbocycles. The number of aromatic amines is 1. The molecule has 176 valence electrons. The van der Waals surface area contributed by atoms with Crippen LogP contribution in [-0.4, -0.2) is 48.9 Å². The number of nitrogens with zero attached hydrogens (tertiary/aromatic N) is 2. The van der Waals surface area contributed by atoms with Crippen molar-refractivity contribution in [3.63, 3.8) is 0 Å². The van der Waals surface area contributed by atoms with Crippen LogP contribution in [0.1, 0.15) is 26.1 Å². The van der Waals surface area contributed by atoms with E-state index in [1.807, 2.05) is 6.92 Å². The van der Waals surface area contributed by atoms with Crippen molar-refractivity contribution in [2.45, 2.75) is 37.8 Å². The summed E-state index contributed by atoms with van der Waals surface area (Å²) in [5.74, 6) is 0.356. The van der Waals surface area contributed by atoms with E-state index in [1.54, 1.807) is 18.2 Å². The summed E-state index contributed by atoms with van der Waals surface area (Å²) in [6.45, 7) is 3.73. The quantitative estimate of drug-likeness (QED) is 0.473. The lowest BCUT2D eigenvalue weighted by Gasteiger charge is -2.25. The monoisotopic (exact) mass is 492 g/mol. The van der Waals surface area contributed by atoms with Gasteiger partial charge in [0.1, 0.15) is 11.6 Å². The van der Waals surface area contributed by atoms with Gasteiger partial charge in [0, 0.05) is 11.6 Å². The molecule has 33 heavy (non-hydrogen) atoms. The van der Waals surface area contributed by atoms with Crippen LogP contribution in [0.2, 0.25) is 5.02 Å². The number of methoxy groups -OCH3 is 1. The molecule has 1 atom stereocenters. The Morgan fingerprint density at radius 1 is 1.24 bits per heavy atom. The topological polar surface area (TPSA) is 121 Å². The molecule has 0 spiro atoms. The summed E-state index contributed by atoms with van der Waals surface area (Å²) >= 11 is 6.01. The number of ether oxygens (including phenoxy) is 1. The second kappa shape index (κ2) is 10.3. The fraction of sp³-hybridized carbons (Fsp3) is 0.318. The highest BCUT2D eigenvalue weighted by atomic mass is 35.5. The number of benzene rings is 2. The van der Waals surface area contributed by atoms with Crippen molar-refractivity contribution in [3.05, 3.63) is 63.7 Å². The zero-order valence-electron chi connectivity index (χ0n) is 18.5. The Morgan fingerprint density at radius 2 is 1.94 bits per heavy atom.